The van der Waals surface area contributed by atoms with Gasteiger partial charge in [0.25, 0.3) is 0 Å². The Kier molecular flexibility index (Phi) is 4.76. The van der Waals surface area contributed by atoms with Gasteiger partial charge in [-0.1, -0.05) is 24.3 Å². The van der Waals surface area contributed by atoms with Crippen LogP contribution in [0.3, 0.4) is 0 Å². The first-order chi connectivity index (χ1) is 4.97. The summed E-state index contributed by atoms with van der Waals surface area (Å²) in [6.07, 6.45) is 4.10. The van der Waals surface area contributed by atoms with Gasteiger partial charge in [-0.25, -0.2) is 0 Å². The maximum Gasteiger partial charge on any atom is 0.126 e. The molecule has 1 heterocycles. The molecule has 0 bridgehead atoms. The number of hydrogen-bond donors (Lipinski definition) is 0. The van der Waals surface area contributed by atoms with Gasteiger partial charge in [0.2, 0.25) is 0 Å². The molecule has 0 unspecified atom stereocenters. The molecule has 0 aromatic heterocycles. The Labute approximate surface area is 84.3 Å². The van der Waals surface area contributed by atoms with Crippen molar-refractivity contribution in [3.05, 3.63) is 35.9 Å². The Hall–Kier alpha value is -0.682. The molecule has 0 aliphatic carbocycles. The maximum absolute atomic E-state index is 5.34. The van der Waals surface area contributed by atoms with Crippen molar-refractivity contribution in [1.82, 2.24) is 0 Å². The topological polar surface area (TPSA) is 9.23 Å². The van der Waals surface area contributed by atoms with E-state index >= 15 is 0 Å². The van der Waals surface area contributed by atoms with Crippen LogP contribution in [0.2, 0.25) is 0 Å². The van der Waals surface area contributed by atoms with E-state index in [1.807, 2.05) is 30.3 Å². The van der Waals surface area contributed by atoms with Crippen molar-refractivity contribution in [3.8, 4) is 5.75 Å². The molecule has 1 nitrogen and oxygen atoms in total. The average Bonchev–Trinajstić information content (AvgIpc) is 2.05. The zero-order valence-corrected chi connectivity index (χ0v) is 7.46. The smallest absolute Gasteiger partial charge is 0.126 e. The largest absolute Gasteiger partial charge is 0.489 e. The summed E-state index contributed by atoms with van der Waals surface area (Å²) in [6.45, 7) is 0.705. The van der Waals surface area contributed by atoms with Crippen LogP contribution in [0.4, 0.5) is 0 Å². The molecule has 1 aliphatic rings. The van der Waals surface area contributed by atoms with Crippen LogP contribution in [0, 0.1) is 0 Å². The minimum absolute atomic E-state index is 0. The molecule has 3 radical (unpaired) electrons. The molecule has 3 heteroatoms. The summed E-state index contributed by atoms with van der Waals surface area (Å²) in [4.78, 5) is 0. The quantitative estimate of drug-likeness (QED) is 0.581. The predicted molar refractivity (Wildman–Crippen MR) is 46.7 cm³/mol. The van der Waals surface area contributed by atoms with Gasteiger partial charge in [0.1, 0.15) is 12.4 Å². The molecule has 0 spiro atoms. The van der Waals surface area contributed by atoms with Gasteiger partial charge in [-0.05, 0) is 12.1 Å². The van der Waals surface area contributed by atoms with Gasteiger partial charge in [0.05, 0.1) is 0 Å². The monoisotopic (exact) mass is 201 g/mol. The van der Waals surface area contributed by atoms with Crippen LogP contribution in [0.1, 0.15) is 5.56 Å². The minimum Gasteiger partial charge on any atom is -0.489 e. The molecular formula is C9H8BNiO. The van der Waals surface area contributed by atoms with Gasteiger partial charge in [-0.15, -0.1) is 0 Å². The van der Waals surface area contributed by atoms with Crippen molar-refractivity contribution in [1.29, 1.82) is 0 Å². The number of benzene rings is 1. The van der Waals surface area contributed by atoms with E-state index in [2.05, 4.69) is 6.08 Å². The molecule has 1 aromatic rings. The van der Waals surface area contributed by atoms with Crippen LogP contribution in [-0.2, 0) is 16.5 Å². The number of ether oxygens (including phenoxy) is 1. The number of hydrogen-bond acceptors (Lipinski definition) is 1. The van der Waals surface area contributed by atoms with Gasteiger partial charge in [-0.2, -0.15) is 0 Å². The predicted octanol–water partition coefficient (Wildman–Crippen LogP) is 1.71. The molecule has 1 aromatic carbocycles. The zero-order chi connectivity index (χ0) is 6.81. The van der Waals surface area contributed by atoms with E-state index in [9.17, 15) is 0 Å². The fourth-order valence-corrected chi connectivity index (χ4v) is 1.06. The third-order valence-corrected chi connectivity index (χ3v) is 1.55. The van der Waals surface area contributed by atoms with E-state index in [0.717, 1.165) is 5.75 Å². The Morgan fingerprint density at radius 1 is 1.17 bits per heavy atom. The van der Waals surface area contributed by atoms with Gasteiger partial charge in [0, 0.05) is 30.5 Å². The van der Waals surface area contributed by atoms with E-state index < -0.39 is 0 Å². The van der Waals surface area contributed by atoms with E-state index in [1.54, 1.807) is 0 Å². The Bertz CT molecular complexity index is 273. The second-order valence-electron chi connectivity index (χ2n) is 2.25. The summed E-state index contributed by atoms with van der Waals surface area (Å²) in [5.74, 6) is 0.991. The van der Waals surface area contributed by atoms with E-state index in [4.69, 9.17) is 4.74 Å². The van der Waals surface area contributed by atoms with Gasteiger partial charge < -0.3 is 4.74 Å². The summed E-state index contributed by atoms with van der Waals surface area (Å²) >= 11 is 0. The minimum atomic E-state index is 0. The molecule has 0 N–H and O–H groups in total. The molecule has 2 rings (SSSR count). The van der Waals surface area contributed by atoms with E-state index in [1.165, 1.54) is 5.56 Å². The molecule has 63 valence electrons. The fraction of sp³-hybridized carbons (Fsp3) is 0.111. The third-order valence-electron chi connectivity index (χ3n) is 1.55. The van der Waals surface area contributed by atoms with Crippen LogP contribution in [0.25, 0.3) is 6.08 Å². The second kappa shape index (κ2) is 5.05. The number of rotatable bonds is 0. The molecule has 12 heavy (non-hydrogen) atoms. The first-order valence-corrected chi connectivity index (χ1v) is 3.35. The normalized spacial score (nSPS) is 11.7. The molecule has 1 aliphatic heterocycles. The Balaban J connectivity index is 0.000000605. The van der Waals surface area contributed by atoms with Crippen molar-refractivity contribution in [2.24, 2.45) is 0 Å². The summed E-state index contributed by atoms with van der Waals surface area (Å²) in [7, 11) is 0. The first kappa shape index (κ1) is 11.3. The van der Waals surface area contributed by atoms with Crippen LogP contribution < -0.4 is 4.74 Å². The standard InChI is InChI=1S/C9H8O.B.Ni/c1-2-6-9-8(4-1)5-3-7-10-9;;/h1-6H,7H2;;. The first-order valence-electron chi connectivity index (χ1n) is 3.35. The third kappa shape index (κ3) is 2.15. The molecule has 0 amide bonds. The fourth-order valence-electron chi connectivity index (χ4n) is 1.06. The van der Waals surface area contributed by atoms with Crippen LogP contribution >= 0.6 is 0 Å². The number of fused-ring (bicyclic) bond motifs is 1. The maximum atomic E-state index is 5.34. The summed E-state index contributed by atoms with van der Waals surface area (Å²) < 4.78 is 5.34. The zero-order valence-electron chi connectivity index (χ0n) is 6.47. The molecule has 0 fully saturated rings. The van der Waals surface area contributed by atoms with Crippen LogP contribution in [-0.4, -0.2) is 15.0 Å². The summed E-state index contributed by atoms with van der Waals surface area (Å²) in [5, 5.41) is 0. The van der Waals surface area contributed by atoms with Crippen molar-refractivity contribution < 1.29 is 21.2 Å². The van der Waals surface area contributed by atoms with Gasteiger partial charge >= 0.3 is 0 Å². The Morgan fingerprint density at radius 2 is 1.92 bits per heavy atom. The SMILES string of the molecule is C1=Cc2ccccc2OC1.[B].[Ni]. The number of para-hydroxylation sites is 1. The molecule has 0 atom stereocenters. The van der Waals surface area contributed by atoms with Crippen LogP contribution in [0.5, 0.6) is 5.75 Å². The summed E-state index contributed by atoms with van der Waals surface area (Å²) in [6, 6.07) is 8.03. The van der Waals surface area contributed by atoms with Crippen molar-refractivity contribution in [3.63, 3.8) is 0 Å². The van der Waals surface area contributed by atoms with Crippen molar-refractivity contribution in [2.75, 3.05) is 6.61 Å². The second-order valence-corrected chi connectivity index (χ2v) is 2.25. The average molecular weight is 202 g/mol. The van der Waals surface area contributed by atoms with Gasteiger partial charge in [0.15, 0.2) is 0 Å². The van der Waals surface area contributed by atoms with E-state index in [-0.39, 0.29) is 24.9 Å². The summed E-state index contributed by atoms with van der Waals surface area (Å²) in [5.41, 5.74) is 1.17. The van der Waals surface area contributed by atoms with Gasteiger partial charge in [-0.3, -0.25) is 0 Å². The molecule has 0 saturated heterocycles. The Morgan fingerprint density at radius 3 is 2.67 bits per heavy atom. The molecule has 0 saturated carbocycles. The van der Waals surface area contributed by atoms with Crippen molar-refractivity contribution in [2.45, 2.75) is 0 Å². The van der Waals surface area contributed by atoms with E-state index in [0.29, 0.717) is 6.61 Å². The van der Waals surface area contributed by atoms with Crippen molar-refractivity contribution >= 4 is 14.5 Å². The van der Waals surface area contributed by atoms with Crippen LogP contribution in [0.15, 0.2) is 30.3 Å². The molecular weight excluding hydrogens is 194 g/mol.